The van der Waals surface area contributed by atoms with Gasteiger partial charge in [0.25, 0.3) is 11.8 Å². The van der Waals surface area contributed by atoms with Gasteiger partial charge in [0.15, 0.2) is 0 Å². The smallest absolute Gasteiger partial charge is 0.271 e. The number of hydrogen-bond donors (Lipinski definition) is 1. The molecule has 1 aliphatic rings. The highest BCUT2D eigenvalue weighted by atomic mass is 32.1. The van der Waals surface area contributed by atoms with E-state index >= 15 is 0 Å². The number of aromatic nitrogens is 2. The van der Waals surface area contributed by atoms with E-state index in [2.05, 4.69) is 15.0 Å². The molecule has 0 amide bonds. The molecule has 3 heterocycles. The first-order valence-corrected chi connectivity index (χ1v) is 6.56. The Balaban J connectivity index is 1.91. The van der Waals surface area contributed by atoms with E-state index in [1.54, 1.807) is 11.3 Å². The number of nitrogen functional groups attached to an aromatic ring is 1. The van der Waals surface area contributed by atoms with Crippen molar-refractivity contribution >= 4 is 23.0 Å². The van der Waals surface area contributed by atoms with Gasteiger partial charge >= 0.3 is 0 Å². The van der Waals surface area contributed by atoms with Gasteiger partial charge in [-0.05, 0) is 35.9 Å². The predicted octanol–water partition coefficient (Wildman–Crippen LogP) is 2.29. The van der Waals surface area contributed by atoms with Gasteiger partial charge in [0.2, 0.25) is 0 Å². The maximum Gasteiger partial charge on any atom is 0.271 e. The van der Waals surface area contributed by atoms with Crippen LogP contribution >= 0.6 is 11.3 Å². The average molecular weight is 250 g/mol. The fourth-order valence-corrected chi connectivity index (χ4v) is 2.87. The Labute approximate surface area is 103 Å². The van der Waals surface area contributed by atoms with Gasteiger partial charge in [-0.2, -0.15) is 4.98 Å². The van der Waals surface area contributed by atoms with Crippen LogP contribution in [0, 0.1) is 6.92 Å². The number of aryl methyl sites for hydroxylation is 1. The molecule has 0 spiro atoms. The Hall–Kier alpha value is -1.56. The van der Waals surface area contributed by atoms with E-state index in [0.717, 1.165) is 29.2 Å². The monoisotopic (exact) mass is 250 g/mol. The van der Waals surface area contributed by atoms with Crippen molar-refractivity contribution in [2.45, 2.75) is 19.8 Å². The van der Waals surface area contributed by atoms with Crippen molar-refractivity contribution in [1.29, 1.82) is 0 Å². The van der Waals surface area contributed by atoms with E-state index in [0.29, 0.717) is 11.8 Å². The number of hydrogen-bond acceptors (Lipinski definition) is 6. The van der Waals surface area contributed by atoms with Crippen molar-refractivity contribution in [3.05, 3.63) is 10.9 Å². The van der Waals surface area contributed by atoms with Crippen molar-refractivity contribution in [2.24, 2.45) is 0 Å². The molecular weight excluding hydrogens is 236 g/mol. The zero-order valence-electron chi connectivity index (χ0n) is 9.64. The van der Waals surface area contributed by atoms with Crippen LogP contribution in [0.25, 0.3) is 10.8 Å². The summed E-state index contributed by atoms with van der Waals surface area (Å²) in [5, 5.41) is 6.02. The second-order valence-electron chi connectivity index (χ2n) is 4.26. The van der Waals surface area contributed by atoms with Crippen LogP contribution in [0.5, 0.6) is 0 Å². The van der Waals surface area contributed by atoms with Crippen LogP contribution in [0.3, 0.4) is 0 Å². The molecule has 1 aliphatic heterocycles. The molecule has 0 saturated carbocycles. The third kappa shape index (κ3) is 1.78. The Morgan fingerprint density at radius 3 is 2.82 bits per heavy atom. The molecular formula is C11H14N4OS. The molecule has 2 N–H and O–H groups in total. The number of thiophene rings is 1. The van der Waals surface area contributed by atoms with Gasteiger partial charge in [-0.25, -0.2) is 0 Å². The first-order valence-electron chi connectivity index (χ1n) is 5.68. The summed E-state index contributed by atoms with van der Waals surface area (Å²) in [6, 6.07) is 0. The molecule has 0 radical (unpaired) electrons. The average Bonchev–Trinajstić information content (AvgIpc) is 3.01. The minimum Gasteiger partial charge on any atom is -0.397 e. The van der Waals surface area contributed by atoms with Crippen molar-refractivity contribution in [1.82, 2.24) is 10.1 Å². The van der Waals surface area contributed by atoms with Crippen molar-refractivity contribution in [2.75, 3.05) is 23.7 Å². The van der Waals surface area contributed by atoms with Crippen LogP contribution in [-0.2, 0) is 0 Å². The predicted molar refractivity (Wildman–Crippen MR) is 68.2 cm³/mol. The third-order valence-corrected chi connectivity index (χ3v) is 4.12. The lowest BCUT2D eigenvalue weighted by molar-refractivity contribution is 0.431. The minimum absolute atomic E-state index is 0.530. The summed E-state index contributed by atoms with van der Waals surface area (Å²) in [4.78, 5) is 7.43. The minimum atomic E-state index is 0.530. The molecule has 2 aromatic heterocycles. The fraction of sp³-hybridized carbons (Fsp3) is 0.455. The SMILES string of the molecule is Cc1csc(-c2nc(N3CCCC3)no2)c1N. The van der Waals surface area contributed by atoms with Gasteiger partial charge in [-0.15, -0.1) is 11.3 Å². The highest BCUT2D eigenvalue weighted by molar-refractivity contribution is 7.14. The summed E-state index contributed by atoms with van der Waals surface area (Å²) < 4.78 is 5.28. The second kappa shape index (κ2) is 4.03. The van der Waals surface area contributed by atoms with Crippen LogP contribution in [0.1, 0.15) is 18.4 Å². The summed E-state index contributed by atoms with van der Waals surface area (Å²) in [5.41, 5.74) is 7.77. The number of rotatable bonds is 2. The molecule has 1 fully saturated rings. The summed E-state index contributed by atoms with van der Waals surface area (Å²) >= 11 is 1.55. The quantitative estimate of drug-likeness (QED) is 0.885. The van der Waals surface area contributed by atoms with Gasteiger partial charge in [-0.1, -0.05) is 0 Å². The lowest BCUT2D eigenvalue weighted by atomic mass is 10.3. The molecule has 0 unspecified atom stereocenters. The zero-order valence-corrected chi connectivity index (χ0v) is 10.5. The number of anilines is 2. The molecule has 90 valence electrons. The van der Waals surface area contributed by atoms with E-state index in [4.69, 9.17) is 10.3 Å². The van der Waals surface area contributed by atoms with E-state index in [-0.39, 0.29) is 0 Å². The van der Waals surface area contributed by atoms with E-state index in [9.17, 15) is 0 Å². The molecule has 0 bridgehead atoms. The van der Waals surface area contributed by atoms with Gasteiger partial charge in [0.05, 0.1) is 5.69 Å². The van der Waals surface area contributed by atoms with Crippen LogP contribution in [-0.4, -0.2) is 23.2 Å². The summed E-state index contributed by atoms with van der Waals surface area (Å²) in [6.07, 6.45) is 2.40. The van der Waals surface area contributed by atoms with Gasteiger partial charge in [-0.3, -0.25) is 0 Å². The first kappa shape index (κ1) is 10.6. The van der Waals surface area contributed by atoms with Gasteiger partial charge in [0.1, 0.15) is 4.88 Å². The Kier molecular flexibility index (Phi) is 2.51. The summed E-state index contributed by atoms with van der Waals surface area (Å²) in [5.74, 6) is 1.21. The largest absolute Gasteiger partial charge is 0.397 e. The highest BCUT2D eigenvalue weighted by Gasteiger charge is 2.20. The first-order chi connectivity index (χ1) is 8.25. The molecule has 17 heavy (non-hydrogen) atoms. The van der Waals surface area contributed by atoms with E-state index in [1.807, 2.05) is 12.3 Å². The van der Waals surface area contributed by atoms with Crippen LogP contribution in [0.15, 0.2) is 9.90 Å². The maximum atomic E-state index is 5.97. The third-order valence-electron chi connectivity index (χ3n) is 3.02. The number of nitrogens with zero attached hydrogens (tertiary/aromatic N) is 3. The lowest BCUT2D eigenvalue weighted by Crippen LogP contribution is -2.18. The fourth-order valence-electron chi connectivity index (χ4n) is 1.97. The molecule has 1 saturated heterocycles. The zero-order chi connectivity index (χ0) is 11.8. The van der Waals surface area contributed by atoms with Crippen LogP contribution in [0.4, 0.5) is 11.6 Å². The normalized spacial score (nSPS) is 15.7. The van der Waals surface area contributed by atoms with Crippen LogP contribution in [0.2, 0.25) is 0 Å². The van der Waals surface area contributed by atoms with Gasteiger partial charge in [0, 0.05) is 13.1 Å². The topological polar surface area (TPSA) is 68.2 Å². The maximum absolute atomic E-state index is 5.97. The molecule has 6 heteroatoms. The molecule has 0 aliphatic carbocycles. The molecule has 0 aromatic carbocycles. The Morgan fingerprint density at radius 2 is 2.18 bits per heavy atom. The van der Waals surface area contributed by atoms with E-state index < -0.39 is 0 Å². The van der Waals surface area contributed by atoms with Gasteiger partial charge < -0.3 is 15.2 Å². The van der Waals surface area contributed by atoms with Crippen LogP contribution < -0.4 is 10.6 Å². The second-order valence-corrected chi connectivity index (χ2v) is 5.13. The molecule has 3 rings (SSSR count). The Morgan fingerprint density at radius 1 is 1.41 bits per heavy atom. The summed E-state index contributed by atoms with van der Waals surface area (Å²) in [6.45, 7) is 4.00. The standard InChI is InChI=1S/C11H14N4OS/c1-7-6-17-9(8(7)12)10-13-11(14-16-10)15-4-2-3-5-15/h6H,2-5,12H2,1H3. The molecule has 0 atom stereocenters. The molecule has 5 nitrogen and oxygen atoms in total. The summed E-state index contributed by atoms with van der Waals surface area (Å²) in [7, 11) is 0. The molecule has 2 aromatic rings. The number of nitrogens with two attached hydrogens (primary N) is 1. The Bertz CT molecular complexity index is 527. The van der Waals surface area contributed by atoms with Crippen molar-refractivity contribution in [3.63, 3.8) is 0 Å². The van der Waals surface area contributed by atoms with Crippen molar-refractivity contribution in [3.8, 4) is 10.8 Å². The lowest BCUT2D eigenvalue weighted by Gasteiger charge is -2.09. The van der Waals surface area contributed by atoms with E-state index in [1.165, 1.54) is 12.8 Å². The highest BCUT2D eigenvalue weighted by Crippen LogP contribution is 2.34. The van der Waals surface area contributed by atoms with Crippen molar-refractivity contribution < 1.29 is 4.52 Å².